The van der Waals surface area contributed by atoms with E-state index in [2.05, 4.69) is 6.58 Å². The summed E-state index contributed by atoms with van der Waals surface area (Å²) in [5.41, 5.74) is 12.9. The van der Waals surface area contributed by atoms with Gasteiger partial charge in [-0.25, -0.2) is 9.59 Å². The summed E-state index contributed by atoms with van der Waals surface area (Å²) in [7, 11) is 0. The lowest BCUT2D eigenvalue weighted by Gasteiger charge is -2.07. The molecule has 23 heavy (non-hydrogen) atoms. The molecule has 0 saturated heterocycles. The zero-order valence-electron chi connectivity index (χ0n) is 13.5. The number of ether oxygens (including phenoxy) is 2. The lowest BCUT2D eigenvalue weighted by molar-refractivity contribution is -0.139. The molecule has 0 aliphatic heterocycles. The Hall–Kier alpha value is -2.50. The van der Waals surface area contributed by atoms with Gasteiger partial charge in [0, 0.05) is 16.9 Å². The van der Waals surface area contributed by atoms with Crippen LogP contribution in [-0.2, 0) is 14.3 Å². The van der Waals surface area contributed by atoms with Crippen LogP contribution in [0.25, 0.3) is 0 Å². The second-order valence-corrected chi connectivity index (χ2v) is 5.35. The third-order valence-electron chi connectivity index (χ3n) is 3.07. The van der Waals surface area contributed by atoms with Crippen LogP contribution >= 0.6 is 0 Å². The predicted molar refractivity (Wildman–Crippen MR) is 89.8 cm³/mol. The van der Waals surface area contributed by atoms with Crippen molar-refractivity contribution in [3.8, 4) is 0 Å². The number of carbonyl (C=O) groups excluding carboxylic acids is 2. The zero-order chi connectivity index (χ0) is 17.2. The van der Waals surface area contributed by atoms with Gasteiger partial charge < -0.3 is 20.9 Å². The Labute approximate surface area is 136 Å². The maximum absolute atomic E-state index is 11.8. The Balaban J connectivity index is 2.12. The summed E-state index contributed by atoms with van der Waals surface area (Å²) in [5.74, 6) is -0.792. The Kier molecular flexibility index (Phi) is 7.66. The van der Waals surface area contributed by atoms with Crippen LogP contribution in [0.5, 0.6) is 0 Å². The molecule has 0 fully saturated rings. The fourth-order valence-corrected chi connectivity index (χ4v) is 1.89. The molecule has 0 aliphatic carbocycles. The first-order valence-corrected chi connectivity index (χ1v) is 7.56. The Morgan fingerprint density at radius 1 is 0.957 bits per heavy atom. The molecule has 4 N–H and O–H groups in total. The van der Waals surface area contributed by atoms with Gasteiger partial charge in [-0.15, -0.1) is 0 Å². The molecule has 0 radical (unpaired) electrons. The monoisotopic (exact) mass is 320 g/mol. The van der Waals surface area contributed by atoms with Crippen LogP contribution in [0.2, 0.25) is 0 Å². The van der Waals surface area contributed by atoms with Crippen LogP contribution in [0.4, 0.5) is 11.4 Å². The first-order chi connectivity index (χ1) is 10.9. The van der Waals surface area contributed by atoms with Crippen LogP contribution in [0.3, 0.4) is 0 Å². The smallest absolute Gasteiger partial charge is 0.338 e. The normalized spacial score (nSPS) is 10.1. The maximum Gasteiger partial charge on any atom is 0.338 e. The minimum atomic E-state index is -0.431. The molecule has 126 valence electrons. The molecule has 0 amide bonds. The van der Waals surface area contributed by atoms with Crippen molar-refractivity contribution in [1.82, 2.24) is 0 Å². The summed E-state index contributed by atoms with van der Waals surface area (Å²) < 4.78 is 10.1. The molecule has 0 aliphatic rings. The summed E-state index contributed by atoms with van der Waals surface area (Å²) in [6, 6.07) is 4.65. The molecule has 1 aromatic rings. The average molecular weight is 320 g/mol. The molecule has 0 heterocycles. The van der Waals surface area contributed by atoms with Crippen molar-refractivity contribution >= 4 is 23.3 Å². The summed E-state index contributed by atoms with van der Waals surface area (Å²) in [6.45, 7) is 5.84. The second kappa shape index (κ2) is 9.50. The van der Waals surface area contributed by atoms with Crippen LogP contribution in [0.15, 0.2) is 30.4 Å². The molecule has 0 atom stereocenters. The van der Waals surface area contributed by atoms with Gasteiger partial charge in [0.25, 0.3) is 0 Å². The predicted octanol–water partition coefficient (Wildman–Crippen LogP) is 2.69. The van der Waals surface area contributed by atoms with Gasteiger partial charge in [0.2, 0.25) is 0 Å². The molecule has 1 aromatic carbocycles. The summed E-state index contributed by atoms with van der Waals surface area (Å²) in [4.78, 5) is 23.0. The van der Waals surface area contributed by atoms with Gasteiger partial charge in [-0.3, -0.25) is 0 Å². The van der Waals surface area contributed by atoms with E-state index in [0.29, 0.717) is 35.7 Å². The number of esters is 2. The number of benzene rings is 1. The highest BCUT2D eigenvalue weighted by molar-refractivity contribution is 5.91. The van der Waals surface area contributed by atoms with E-state index in [1.54, 1.807) is 13.0 Å². The highest BCUT2D eigenvalue weighted by atomic mass is 16.5. The van der Waals surface area contributed by atoms with Gasteiger partial charge in [0.1, 0.15) is 0 Å². The summed E-state index contributed by atoms with van der Waals surface area (Å²) in [5, 5.41) is 0. The van der Waals surface area contributed by atoms with Crippen LogP contribution < -0.4 is 11.5 Å². The molecular weight excluding hydrogens is 296 g/mol. The van der Waals surface area contributed by atoms with Gasteiger partial charge in [-0.2, -0.15) is 0 Å². The van der Waals surface area contributed by atoms with Gasteiger partial charge in [-0.1, -0.05) is 6.58 Å². The number of nitrogens with two attached hydrogens (primary N) is 2. The van der Waals surface area contributed by atoms with Crippen molar-refractivity contribution in [1.29, 1.82) is 0 Å². The van der Waals surface area contributed by atoms with E-state index >= 15 is 0 Å². The Bertz CT molecular complexity index is 549. The van der Waals surface area contributed by atoms with E-state index in [1.807, 2.05) is 0 Å². The SMILES string of the molecule is C=C(C)C(=O)OCCCCCCOC(=O)c1cc(N)cc(N)c1. The molecule has 0 bridgehead atoms. The van der Waals surface area contributed by atoms with Crippen molar-refractivity contribution in [3.63, 3.8) is 0 Å². The van der Waals surface area contributed by atoms with E-state index in [4.69, 9.17) is 20.9 Å². The van der Waals surface area contributed by atoms with E-state index < -0.39 is 5.97 Å². The van der Waals surface area contributed by atoms with Crippen LogP contribution in [0.1, 0.15) is 43.0 Å². The quantitative estimate of drug-likeness (QED) is 0.314. The van der Waals surface area contributed by atoms with Crippen molar-refractivity contribution in [2.75, 3.05) is 24.7 Å². The topological polar surface area (TPSA) is 105 Å². The highest BCUT2D eigenvalue weighted by Gasteiger charge is 2.08. The van der Waals surface area contributed by atoms with E-state index in [0.717, 1.165) is 25.7 Å². The third kappa shape index (κ3) is 7.35. The fraction of sp³-hybridized carbons (Fsp3) is 0.412. The first-order valence-electron chi connectivity index (χ1n) is 7.56. The lowest BCUT2D eigenvalue weighted by atomic mass is 10.2. The van der Waals surface area contributed by atoms with Gasteiger partial charge in [-0.05, 0) is 50.8 Å². The Morgan fingerprint density at radius 2 is 1.48 bits per heavy atom. The number of carbonyl (C=O) groups is 2. The van der Waals surface area contributed by atoms with Crippen molar-refractivity contribution < 1.29 is 19.1 Å². The van der Waals surface area contributed by atoms with Crippen LogP contribution in [-0.4, -0.2) is 25.2 Å². The molecule has 0 aromatic heterocycles. The molecule has 1 rings (SSSR count). The van der Waals surface area contributed by atoms with Crippen LogP contribution in [0, 0.1) is 0 Å². The second-order valence-electron chi connectivity index (χ2n) is 5.35. The number of hydrogen-bond acceptors (Lipinski definition) is 6. The van der Waals surface area contributed by atoms with E-state index in [9.17, 15) is 9.59 Å². The molecular formula is C17H24N2O4. The average Bonchev–Trinajstić information content (AvgIpc) is 2.48. The minimum absolute atomic E-state index is 0.332. The summed E-state index contributed by atoms with van der Waals surface area (Å²) >= 11 is 0. The first kappa shape index (κ1) is 18.5. The van der Waals surface area contributed by atoms with Crippen molar-refractivity contribution in [2.24, 2.45) is 0 Å². The number of unbranched alkanes of at least 4 members (excludes halogenated alkanes) is 3. The van der Waals surface area contributed by atoms with Crippen molar-refractivity contribution in [3.05, 3.63) is 35.9 Å². The zero-order valence-corrected chi connectivity index (χ0v) is 13.5. The molecule has 0 spiro atoms. The number of hydrogen-bond donors (Lipinski definition) is 2. The largest absolute Gasteiger partial charge is 0.462 e. The molecule has 0 saturated carbocycles. The molecule has 6 nitrogen and oxygen atoms in total. The number of anilines is 2. The summed E-state index contributed by atoms with van der Waals surface area (Å²) in [6.07, 6.45) is 3.31. The molecule has 6 heteroatoms. The van der Waals surface area contributed by atoms with Crippen molar-refractivity contribution in [2.45, 2.75) is 32.6 Å². The van der Waals surface area contributed by atoms with E-state index in [-0.39, 0.29) is 5.97 Å². The van der Waals surface area contributed by atoms with Gasteiger partial charge >= 0.3 is 11.9 Å². The fourth-order valence-electron chi connectivity index (χ4n) is 1.89. The highest BCUT2D eigenvalue weighted by Crippen LogP contribution is 2.14. The lowest BCUT2D eigenvalue weighted by Crippen LogP contribution is -2.08. The molecule has 0 unspecified atom stereocenters. The van der Waals surface area contributed by atoms with Gasteiger partial charge in [0.15, 0.2) is 0 Å². The Morgan fingerprint density at radius 3 is 2.00 bits per heavy atom. The van der Waals surface area contributed by atoms with E-state index in [1.165, 1.54) is 12.1 Å². The maximum atomic E-state index is 11.8. The minimum Gasteiger partial charge on any atom is -0.462 e. The number of rotatable bonds is 9. The third-order valence-corrected chi connectivity index (χ3v) is 3.07. The standard InChI is InChI=1S/C17H24N2O4/c1-12(2)16(20)22-7-5-3-4-6-8-23-17(21)13-9-14(18)11-15(19)10-13/h9-11H,1,3-8,18-19H2,2H3. The number of nitrogen functional groups attached to an aromatic ring is 2. The van der Waals surface area contributed by atoms with Gasteiger partial charge in [0.05, 0.1) is 18.8 Å².